The molecule has 0 atom stereocenters. The second-order valence-electron chi connectivity index (χ2n) is 3.07. The Balaban J connectivity index is 2.28. The van der Waals surface area contributed by atoms with Gasteiger partial charge in [-0.3, -0.25) is 5.32 Å². The summed E-state index contributed by atoms with van der Waals surface area (Å²) in [5.41, 5.74) is 1.99. The van der Waals surface area contributed by atoms with Gasteiger partial charge in [0.15, 0.2) is 0 Å². The Morgan fingerprint density at radius 2 is 2.20 bits per heavy atom. The molecular formula is C11H10N2O2. The number of fused-ring (bicyclic) bond motifs is 1. The van der Waals surface area contributed by atoms with Crippen LogP contribution < -0.4 is 5.32 Å². The van der Waals surface area contributed by atoms with E-state index >= 15 is 0 Å². The molecule has 76 valence electrons. The number of carboxylic acid groups (broad SMARTS) is 1. The maximum absolute atomic E-state index is 10.2. The molecule has 0 aliphatic heterocycles. The van der Waals surface area contributed by atoms with E-state index in [4.69, 9.17) is 5.11 Å². The van der Waals surface area contributed by atoms with Crippen molar-refractivity contribution >= 4 is 23.1 Å². The van der Waals surface area contributed by atoms with Gasteiger partial charge < -0.3 is 10.1 Å². The van der Waals surface area contributed by atoms with E-state index in [-0.39, 0.29) is 0 Å². The van der Waals surface area contributed by atoms with Crippen molar-refractivity contribution in [3.05, 3.63) is 42.2 Å². The molecule has 2 rings (SSSR count). The van der Waals surface area contributed by atoms with Crippen molar-refractivity contribution in [1.82, 2.24) is 10.3 Å². The maximum Gasteiger partial charge on any atom is 0.408 e. The molecule has 4 heteroatoms. The van der Waals surface area contributed by atoms with E-state index < -0.39 is 6.09 Å². The molecule has 0 radical (unpaired) electrons. The lowest BCUT2D eigenvalue weighted by Gasteiger charge is -1.91. The van der Waals surface area contributed by atoms with Crippen LogP contribution in [0.2, 0.25) is 0 Å². The molecule has 0 bridgehead atoms. The lowest BCUT2D eigenvalue weighted by atomic mass is 10.2. The number of aromatic nitrogens is 1. The molecule has 1 aromatic carbocycles. The molecule has 15 heavy (non-hydrogen) atoms. The van der Waals surface area contributed by atoms with Crippen LogP contribution in [0.5, 0.6) is 0 Å². The number of hydrogen-bond acceptors (Lipinski definition) is 1. The summed E-state index contributed by atoms with van der Waals surface area (Å²) < 4.78 is 0. The van der Waals surface area contributed by atoms with Gasteiger partial charge in [0.2, 0.25) is 0 Å². The third-order valence-corrected chi connectivity index (χ3v) is 2.09. The summed E-state index contributed by atoms with van der Waals surface area (Å²) in [6.07, 6.45) is 3.89. The Bertz CT molecular complexity index is 514. The molecule has 1 heterocycles. The molecule has 3 N–H and O–H groups in total. The summed E-state index contributed by atoms with van der Waals surface area (Å²) >= 11 is 0. The predicted molar refractivity (Wildman–Crippen MR) is 58.5 cm³/mol. The molecule has 0 aliphatic rings. The Hall–Kier alpha value is -2.23. The zero-order valence-corrected chi connectivity index (χ0v) is 7.90. The minimum absolute atomic E-state index is 0.958. The van der Waals surface area contributed by atoms with E-state index in [9.17, 15) is 4.79 Å². The number of rotatable bonds is 2. The summed E-state index contributed by atoms with van der Waals surface area (Å²) in [6, 6.07) is 7.84. The normalized spacial score (nSPS) is 10.9. The number of hydrogen-bond donors (Lipinski definition) is 3. The Morgan fingerprint density at radius 1 is 1.40 bits per heavy atom. The molecule has 1 amide bonds. The van der Waals surface area contributed by atoms with Crippen LogP contribution in [0.25, 0.3) is 17.0 Å². The fourth-order valence-corrected chi connectivity index (χ4v) is 1.43. The highest BCUT2D eigenvalue weighted by Gasteiger charge is 1.98. The topological polar surface area (TPSA) is 65.1 Å². The molecule has 1 aromatic heterocycles. The first kappa shape index (κ1) is 9.33. The van der Waals surface area contributed by atoms with Crippen molar-refractivity contribution in [2.45, 2.75) is 0 Å². The predicted octanol–water partition coefficient (Wildman–Crippen LogP) is 2.41. The van der Waals surface area contributed by atoms with Crippen molar-refractivity contribution < 1.29 is 9.90 Å². The zero-order chi connectivity index (χ0) is 10.7. The first-order valence-electron chi connectivity index (χ1n) is 4.49. The number of nitrogens with one attached hydrogen (secondary N) is 2. The molecular weight excluding hydrogens is 192 g/mol. The van der Waals surface area contributed by atoms with Crippen LogP contribution in [0.1, 0.15) is 5.56 Å². The van der Waals surface area contributed by atoms with Crippen molar-refractivity contribution in [2.24, 2.45) is 0 Å². The lowest BCUT2D eigenvalue weighted by molar-refractivity contribution is 0.198. The van der Waals surface area contributed by atoms with E-state index in [2.05, 4.69) is 10.3 Å². The molecule has 0 fully saturated rings. The number of carbonyl (C=O) groups is 1. The summed E-state index contributed by atoms with van der Waals surface area (Å²) in [7, 11) is 0. The van der Waals surface area contributed by atoms with E-state index in [0.29, 0.717) is 0 Å². The van der Waals surface area contributed by atoms with Gasteiger partial charge in [-0.1, -0.05) is 18.2 Å². The van der Waals surface area contributed by atoms with Gasteiger partial charge in [-0.15, -0.1) is 0 Å². The average Bonchev–Trinajstić information content (AvgIpc) is 2.62. The number of amides is 1. The minimum Gasteiger partial charge on any atom is -0.465 e. The quantitative estimate of drug-likeness (QED) is 0.700. The molecule has 0 unspecified atom stereocenters. The van der Waals surface area contributed by atoms with Crippen molar-refractivity contribution in [2.75, 3.05) is 0 Å². The largest absolute Gasteiger partial charge is 0.465 e. The maximum atomic E-state index is 10.2. The zero-order valence-electron chi connectivity index (χ0n) is 7.90. The third kappa shape index (κ3) is 1.99. The highest BCUT2D eigenvalue weighted by atomic mass is 16.4. The Morgan fingerprint density at radius 3 is 3.00 bits per heavy atom. The number of para-hydroxylation sites is 1. The third-order valence-electron chi connectivity index (χ3n) is 2.09. The first-order valence-corrected chi connectivity index (χ1v) is 4.49. The molecule has 2 aromatic rings. The number of benzene rings is 1. The second kappa shape index (κ2) is 3.88. The van der Waals surface area contributed by atoms with Crippen LogP contribution in [0, 0.1) is 0 Å². The second-order valence-corrected chi connectivity index (χ2v) is 3.07. The minimum atomic E-state index is -1.06. The molecule has 0 saturated heterocycles. The highest BCUT2D eigenvalue weighted by molar-refractivity contribution is 5.88. The van der Waals surface area contributed by atoms with E-state index in [0.717, 1.165) is 16.5 Å². The highest BCUT2D eigenvalue weighted by Crippen LogP contribution is 2.18. The molecule has 0 saturated carbocycles. The molecule has 0 aliphatic carbocycles. The van der Waals surface area contributed by atoms with Gasteiger partial charge in [-0.2, -0.15) is 0 Å². The van der Waals surface area contributed by atoms with Gasteiger partial charge >= 0.3 is 6.09 Å². The Labute approximate surface area is 86.2 Å². The van der Waals surface area contributed by atoms with Gasteiger partial charge in [0.1, 0.15) is 0 Å². The van der Waals surface area contributed by atoms with Crippen LogP contribution in [-0.2, 0) is 0 Å². The monoisotopic (exact) mass is 202 g/mol. The molecule has 4 nitrogen and oxygen atoms in total. The smallest absolute Gasteiger partial charge is 0.408 e. The van der Waals surface area contributed by atoms with Gasteiger partial charge in [0.25, 0.3) is 0 Å². The van der Waals surface area contributed by atoms with Gasteiger partial charge in [0.05, 0.1) is 0 Å². The van der Waals surface area contributed by atoms with Crippen LogP contribution >= 0.6 is 0 Å². The summed E-state index contributed by atoms with van der Waals surface area (Å²) in [5.74, 6) is 0. The lowest BCUT2D eigenvalue weighted by Crippen LogP contribution is -2.12. The SMILES string of the molecule is O=C(O)NC=Cc1c[nH]c2ccccc12. The number of H-pyrrole nitrogens is 1. The fraction of sp³-hybridized carbons (Fsp3) is 0. The summed E-state index contributed by atoms with van der Waals surface area (Å²) in [5, 5.41) is 11.6. The van der Waals surface area contributed by atoms with Crippen LogP contribution in [0.4, 0.5) is 4.79 Å². The van der Waals surface area contributed by atoms with Crippen LogP contribution in [0.3, 0.4) is 0 Å². The first-order chi connectivity index (χ1) is 7.27. The van der Waals surface area contributed by atoms with Crippen molar-refractivity contribution in [3.63, 3.8) is 0 Å². The summed E-state index contributed by atoms with van der Waals surface area (Å²) in [4.78, 5) is 13.3. The van der Waals surface area contributed by atoms with Gasteiger partial charge in [0, 0.05) is 28.9 Å². The Kier molecular flexibility index (Phi) is 2.41. The number of aromatic amines is 1. The van der Waals surface area contributed by atoms with Crippen LogP contribution in [0.15, 0.2) is 36.7 Å². The molecule has 0 spiro atoms. The fourth-order valence-electron chi connectivity index (χ4n) is 1.43. The van der Waals surface area contributed by atoms with Gasteiger partial charge in [-0.05, 0) is 12.1 Å². The van der Waals surface area contributed by atoms with Gasteiger partial charge in [-0.25, -0.2) is 4.79 Å². The van der Waals surface area contributed by atoms with E-state index in [1.54, 1.807) is 6.08 Å². The standard InChI is InChI=1S/C11H10N2O2/c14-11(15)12-6-5-8-7-13-10-4-2-1-3-9(8)10/h1-7,12-13H,(H,14,15). The average molecular weight is 202 g/mol. The summed E-state index contributed by atoms with van der Waals surface area (Å²) in [6.45, 7) is 0. The van der Waals surface area contributed by atoms with E-state index in [1.165, 1.54) is 6.20 Å². The van der Waals surface area contributed by atoms with Crippen LogP contribution in [-0.4, -0.2) is 16.2 Å². The van der Waals surface area contributed by atoms with E-state index in [1.807, 2.05) is 30.5 Å². The van der Waals surface area contributed by atoms with Crippen molar-refractivity contribution in [1.29, 1.82) is 0 Å². The van der Waals surface area contributed by atoms with Crippen molar-refractivity contribution in [3.8, 4) is 0 Å².